The molecule has 1 aliphatic rings. The maximum absolute atomic E-state index is 11.5. The van der Waals surface area contributed by atoms with E-state index >= 15 is 0 Å². The first-order chi connectivity index (χ1) is 8.54. The van der Waals surface area contributed by atoms with Crippen LogP contribution in [-0.2, 0) is 0 Å². The van der Waals surface area contributed by atoms with Crippen molar-refractivity contribution in [2.24, 2.45) is 5.92 Å². The number of carbonyl (C=O) groups is 1. The monoisotopic (exact) mass is 256 g/mol. The second kappa shape index (κ2) is 7.59. The minimum Gasteiger partial charge on any atom is -0.338 e. The van der Waals surface area contributed by atoms with Crippen molar-refractivity contribution in [1.29, 1.82) is 0 Å². The van der Waals surface area contributed by atoms with E-state index in [4.69, 9.17) is 0 Å². The summed E-state index contributed by atoms with van der Waals surface area (Å²) in [5.41, 5.74) is 0. The molecule has 0 aromatic heterocycles. The predicted octanol–water partition coefficient (Wildman–Crippen LogP) is 0.578. The lowest BCUT2D eigenvalue weighted by Crippen LogP contribution is -2.54. The third-order valence-corrected chi connectivity index (χ3v) is 3.59. The molecule has 5 heteroatoms. The number of carbonyl (C=O) groups excluding carboxylic acids is 1. The van der Waals surface area contributed by atoms with E-state index in [1.165, 1.54) is 0 Å². The Kier molecular flexibility index (Phi) is 6.43. The van der Waals surface area contributed by atoms with Gasteiger partial charge in [0.05, 0.1) is 0 Å². The lowest BCUT2D eigenvalue weighted by atomic mass is 10.0. The Bertz CT molecular complexity index is 249. The number of piperazine rings is 1. The van der Waals surface area contributed by atoms with Crippen LogP contribution in [0.15, 0.2) is 0 Å². The summed E-state index contributed by atoms with van der Waals surface area (Å²) in [5, 5.41) is 5.74. The fraction of sp³-hybridized carbons (Fsp3) is 0.923. The van der Waals surface area contributed by atoms with Gasteiger partial charge in [0.25, 0.3) is 0 Å². The zero-order valence-electron chi connectivity index (χ0n) is 12.2. The van der Waals surface area contributed by atoms with Gasteiger partial charge in [-0.2, -0.15) is 0 Å². The summed E-state index contributed by atoms with van der Waals surface area (Å²) < 4.78 is 0. The fourth-order valence-electron chi connectivity index (χ4n) is 2.36. The maximum Gasteiger partial charge on any atom is 0.314 e. The minimum absolute atomic E-state index is 0.0581. The lowest BCUT2D eigenvalue weighted by Gasteiger charge is -2.39. The molecule has 1 heterocycles. The first kappa shape index (κ1) is 15.2. The molecule has 2 N–H and O–H groups in total. The van der Waals surface area contributed by atoms with E-state index in [2.05, 4.69) is 41.3 Å². The van der Waals surface area contributed by atoms with Crippen molar-refractivity contribution in [3.8, 4) is 0 Å². The molecule has 1 saturated heterocycles. The first-order valence-electron chi connectivity index (χ1n) is 6.98. The van der Waals surface area contributed by atoms with E-state index in [1.54, 1.807) is 0 Å². The van der Waals surface area contributed by atoms with Gasteiger partial charge in [-0.1, -0.05) is 13.8 Å². The van der Waals surface area contributed by atoms with Gasteiger partial charge in [-0.3, -0.25) is 4.90 Å². The van der Waals surface area contributed by atoms with Gasteiger partial charge >= 0.3 is 6.03 Å². The Morgan fingerprint density at radius 3 is 2.28 bits per heavy atom. The second-order valence-electron chi connectivity index (χ2n) is 5.39. The largest absolute Gasteiger partial charge is 0.338 e. The molecule has 1 aliphatic heterocycles. The maximum atomic E-state index is 11.5. The molecule has 1 atom stereocenters. The van der Waals surface area contributed by atoms with Crippen LogP contribution in [0.5, 0.6) is 0 Å². The summed E-state index contributed by atoms with van der Waals surface area (Å²) in [5.74, 6) is 0.551. The lowest BCUT2D eigenvalue weighted by molar-refractivity contribution is 0.0887. The van der Waals surface area contributed by atoms with Crippen LogP contribution in [0.3, 0.4) is 0 Å². The highest BCUT2D eigenvalue weighted by atomic mass is 16.2. The van der Waals surface area contributed by atoms with Crippen LogP contribution < -0.4 is 10.6 Å². The van der Waals surface area contributed by atoms with Gasteiger partial charge in [0, 0.05) is 45.3 Å². The van der Waals surface area contributed by atoms with Gasteiger partial charge in [0.2, 0.25) is 0 Å². The number of nitrogens with one attached hydrogen (secondary N) is 2. The zero-order chi connectivity index (χ0) is 13.5. The summed E-state index contributed by atoms with van der Waals surface area (Å²) in [7, 11) is 2.16. The minimum atomic E-state index is -0.0581. The molecule has 0 radical (unpaired) electrons. The normalized spacial score (nSPS) is 19.8. The Morgan fingerprint density at radius 1 is 1.17 bits per heavy atom. The van der Waals surface area contributed by atoms with Crippen molar-refractivity contribution in [2.45, 2.75) is 26.8 Å². The number of urea groups is 1. The van der Waals surface area contributed by atoms with E-state index in [9.17, 15) is 4.79 Å². The fourth-order valence-corrected chi connectivity index (χ4v) is 2.36. The van der Waals surface area contributed by atoms with E-state index in [-0.39, 0.29) is 6.03 Å². The van der Waals surface area contributed by atoms with Crippen molar-refractivity contribution < 1.29 is 4.79 Å². The number of amides is 2. The van der Waals surface area contributed by atoms with Gasteiger partial charge in [-0.15, -0.1) is 0 Å². The molecule has 0 aliphatic carbocycles. The predicted molar refractivity (Wildman–Crippen MR) is 74.8 cm³/mol. The molecule has 0 spiro atoms. The van der Waals surface area contributed by atoms with E-state index in [1.807, 2.05) is 6.92 Å². The molecular formula is C13H28N4O. The molecule has 18 heavy (non-hydrogen) atoms. The number of hydrogen-bond donors (Lipinski definition) is 2. The highest BCUT2D eigenvalue weighted by Crippen LogP contribution is 2.12. The van der Waals surface area contributed by atoms with Crippen LogP contribution in [0.1, 0.15) is 20.8 Å². The molecule has 0 bridgehead atoms. The van der Waals surface area contributed by atoms with Crippen molar-refractivity contribution in [2.75, 3.05) is 46.3 Å². The Labute approximate surface area is 111 Å². The molecule has 0 aromatic rings. The van der Waals surface area contributed by atoms with Crippen molar-refractivity contribution in [3.05, 3.63) is 0 Å². The summed E-state index contributed by atoms with van der Waals surface area (Å²) >= 11 is 0. The van der Waals surface area contributed by atoms with Gasteiger partial charge < -0.3 is 15.5 Å². The summed E-state index contributed by atoms with van der Waals surface area (Å²) in [4.78, 5) is 16.3. The van der Waals surface area contributed by atoms with Gasteiger partial charge in [-0.25, -0.2) is 4.79 Å². The SMILES string of the molecule is CCNC(=O)NCC(C(C)C)N1CCN(C)CC1. The van der Waals surface area contributed by atoms with Crippen LogP contribution in [0.25, 0.3) is 0 Å². The topological polar surface area (TPSA) is 47.6 Å². The smallest absolute Gasteiger partial charge is 0.314 e. The zero-order valence-corrected chi connectivity index (χ0v) is 12.2. The van der Waals surface area contributed by atoms with Gasteiger partial charge in [0.1, 0.15) is 0 Å². The molecule has 0 saturated carbocycles. The van der Waals surface area contributed by atoms with E-state index in [0.717, 1.165) is 32.7 Å². The quantitative estimate of drug-likeness (QED) is 0.756. The van der Waals surface area contributed by atoms with E-state index < -0.39 is 0 Å². The highest BCUT2D eigenvalue weighted by Gasteiger charge is 2.25. The number of likely N-dealkylation sites (N-methyl/N-ethyl adjacent to an activating group) is 1. The summed E-state index contributed by atoms with van der Waals surface area (Å²) in [6.45, 7) is 12.2. The third kappa shape index (κ3) is 4.82. The Morgan fingerprint density at radius 2 is 1.78 bits per heavy atom. The summed E-state index contributed by atoms with van der Waals surface area (Å²) in [6, 6.07) is 0.374. The van der Waals surface area contributed by atoms with Crippen LogP contribution in [-0.4, -0.2) is 68.2 Å². The van der Waals surface area contributed by atoms with Crippen molar-refractivity contribution >= 4 is 6.03 Å². The van der Waals surface area contributed by atoms with Gasteiger partial charge in [0.15, 0.2) is 0 Å². The molecule has 1 rings (SSSR count). The van der Waals surface area contributed by atoms with Crippen molar-refractivity contribution in [3.63, 3.8) is 0 Å². The van der Waals surface area contributed by atoms with Crippen LogP contribution in [0.2, 0.25) is 0 Å². The van der Waals surface area contributed by atoms with Gasteiger partial charge in [-0.05, 0) is 19.9 Å². The molecule has 5 nitrogen and oxygen atoms in total. The third-order valence-electron chi connectivity index (χ3n) is 3.59. The average molecular weight is 256 g/mol. The molecule has 1 fully saturated rings. The molecule has 106 valence electrons. The second-order valence-corrected chi connectivity index (χ2v) is 5.39. The number of nitrogens with zero attached hydrogens (tertiary/aromatic N) is 2. The highest BCUT2D eigenvalue weighted by molar-refractivity contribution is 5.73. The molecule has 0 aromatic carbocycles. The van der Waals surface area contributed by atoms with Crippen LogP contribution >= 0.6 is 0 Å². The number of rotatable bonds is 5. The Balaban J connectivity index is 2.42. The molecular weight excluding hydrogens is 228 g/mol. The summed E-state index contributed by atoms with van der Waals surface area (Å²) in [6.07, 6.45) is 0. The first-order valence-corrected chi connectivity index (χ1v) is 6.98. The molecule has 1 unspecified atom stereocenters. The van der Waals surface area contributed by atoms with Crippen molar-refractivity contribution in [1.82, 2.24) is 20.4 Å². The standard InChI is InChI=1S/C13H28N4O/c1-5-14-13(18)15-10-12(11(2)3)17-8-6-16(4)7-9-17/h11-12H,5-10H2,1-4H3,(H2,14,15,18). The molecule has 2 amide bonds. The number of hydrogen-bond acceptors (Lipinski definition) is 3. The Hall–Kier alpha value is -0.810. The van der Waals surface area contributed by atoms with Crippen LogP contribution in [0.4, 0.5) is 4.79 Å². The average Bonchev–Trinajstić information content (AvgIpc) is 2.31. The van der Waals surface area contributed by atoms with Crippen LogP contribution in [0, 0.1) is 5.92 Å². The van der Waals surface area contributed by atoms with E-state index in [0.29, 0.717) is 18.5 Å².